The third-order valence-electron chi connectivity index (χ3n) is 3.19. The van der Waals surface area contributed by atoms with E-state index in [2.05, 4.69) is 0 Å². The van der Waals surface area contributed by atoms with Crippen molar-refractivity contribution in [3.05, 3.63) is 35.4 Å². The van der Waals surface area contributed by atoms with Gasteiger partial charge in [0.05, 0.1) is 0 Å². The second-order valence-corrected chi connectivity index (χ2v) is 4.74. The van der Waals surface area contributed by atoms with Crippen molar-refractivity contribution in [3.63, 3.8) is 0 Å². The number of hydrogen-bond acceptors (Lipinski definition) is 2. The lowest BCUT2D eigenvalue weighted by molar-refractivity contribution is -0.125. The molecule has 0 spiro atoms. The van der Waals surface area contributed by atoms with Gasteiger partial charge < -0.3 is 0 Å². The maximum atomic E-state index is 11.9. The van der Waals surface area contributed by atoms with Crippen LogP contribution < -0.4 is 0 Å². The maximum absolute atomic E-state index is 11.9. The summed E-state index contributed by atoms with van der Waals surface area (Å²) in [5.74, 6) is 0.231. The Morgan fingerprint density at radius 3 is 2.62 bits per heavy atom. The largest absolute Gasteiger partial charge is 0.299 e. The molecule has 2 nitrogen and oxygen atoms in total. The number of ketones is 2. The van der Waals surface area contributed by atoms with Gasteiger partial charge in [0.1, 0.15) is 5.78 Å². The monoisotopic (exact) mass is 216 g/mol. The molecule has 1 aliphatic rings. The van der Waals surface area contributed by atoms with Crippen molar-refractivity contribution in [2.45, 2.75) is 26.7 Å². The standard InChI is InChI=1S/C14H16O2/c1-9(2)14(16)11-7-10-5-3-4-6-12(10)13(15)8-11/h3-6,9,11H,7-8H2,1-2H3. The molecule has 16 heavy (non-hydrogen) atoms. The van der Waals surface area contributed by atoms with Gasteiger partial charge in [-0.1, -0.05) is 38.1 Å². The van der Waals surface area contributed by atoms with Crippen LogP contribution in [0.1, 0.15) is 36.2 Å². The maximum Gasteiger partial charge on any atom is 0.163 e. The lowest BCUT2D eigenvalue weighted by Crippen LogP contribution is -2.29. The van der Waals surface area contributed by atoms with Gasteiger partial charge in [-0.3, -0.25) is 9.59 Å². The van der Waals surface area contributed by atoms with Crippen molar-refractivity contribution in [3.8, 4) is 0 Å². The summed E-state index contributed by atoms with van der Waals surface area (Å²) in [6.45, 7) is 3.79. The molecular formula is C14H16O2. The molecule has 0 heterocycles. The van der Waals surface area contributed by atoms with Crippen molar-refractivity contribution in [1.29, 1.82) is 0 Å². The molecule has 0 aromatic heterocycles. The Morgan fingerprint density at radius 1 is 1.25 bits per heavy atom. The lowest BCUT2D eigenvalue weighted by Gasteiger charge is -2.23. The van der Waals surface area contributed by atoms with E-state index < -0.39 is 0 Å². The van der Waals surface area contributed by atoms with Crippen molar-refractivity contribution in [2.75, 3.05) is 0 Å². The molecule has 0 saturated heterocycles. The van der Waals surface area contributed by atoms with Gasteiger partial charge in [0, 0.05) is 23.8 Å². The van der Waals surface area contributed by atoms with E-state index in [0.717, 1.165) is 17.5 Å². The van der Waals surface area contributed by atoms with Gasteiger partial charge in [-0.2, -0.15) is 0 Å². The van der Waals surface area contributed by atoms with Crippen LogP contribution in [0.25, 0.3) is 0 Å². The summed E-state index contributed by atoms with van der Waals surface area (Å²) in [5, 5.41) is 0. The number of Topliss-reactive ketones (excluding diaryl/α,β-unsaturated/α-hetero) is 2. The van der Waals surface area contributed by atoms with E-state index in [0.29, 0.717) is 6.42 Å². The molecule has 0 bridgehead atoms. The summed E-state index contributed by atoms with van der Waals surface area (Å²) in [5.41, 5.74) is 1.83. The first-order valence-electron chi connectivity index (χ1n) is 5.74. The van der Waals surface area contributed by atoms with E-state index in [-0.39, 0.29) is 23.4 Å². The number of rotatable bonds is 2. The lowest BCUT2D eigenvalue weighted by atomic mass is 9.78. The predicted molar refractivity (Wildman–Crippen MR) is 62.4 cm³/mol. The minimum absolute atomic E-state index is 0.0167. The van der Waals surface area contributed by atoms with E-state index in [1.54, 1.807) is 0 Å². The normalized spacial score (nSPS) is 19.7. The first kappa shape index (κ1) is 11.1. The fourth-order valence-electron chi connectivity index (χ4n) is 2.31. The zero-order chi connectivity index (χ0) is 11.7. The summed E-state index contributed by atoms with van der Waals surface area (Å²) in [4.78, 5) is 23.8. The molecule has 0 saturated carbocycles. The molecule has 0 fully saturated rings. The molecule has 1 atom stereocenters. The molecule has 1 aliphatic carbocycles. The Labute approximate surface area is 95.7 Å². The van der Waals surface area contributed by atoms with Crippen LogP contribution in [0.2, 0.25) is 0 Å². The number of fused-ring (bicyclic) bond motifs is 1. The second kappa shape index (κ2) is 4.20. The molecule has 1 unspecified atom stereocenters. The van der Waals surface area contributed by atoms with Gasteiger partial charge in [0.15, 0.2) is 5.78 Å². The minimum Gasteiger partial charge on any atom is -0.299 e. The molecular weight excluding hydrogens is 200 g/mol. The number of carbonyl (C=O) groups excluding carboxylic acids is 2. The molecule has 2 rings (SSSR count). The molecule has 2 heteroatoms. The fourth-order valence-corrected chi connectivity index (χ4v) is 2.31. The third-order valence-corrected chi connectivity index (χ3v) is 3.19. The van der Waals surface area contributed by atoms with Gasteiger partial charge >= 0.3 is 0 Å². The third kappa shape index (κ3) is 1.92. The Kier molecular flexibility index (Phi) is 2.90. The fraction of sp³-hybridized carbons (Fsp3) is 0.429. The summed E-state index contributed by atoms with van der Waals surface area (Å²) >= 11 is 0. The van der Waals surface area contributed by atoms with Gasteiger partial charge in [-0.25, -0.2) is 0 Å². The molecule has 84 valence electrons. The highest BCUT2D eigenvalue weighted by molar-refractivity contribution is 6.02. The molecule has 0 radical (unpaired) electrons. The topological polar surface area (TPSA) is 34.1 Å². The zero-order valence-electron chi connectivity index (χ0n) is 9.69. The van der Waals surface area contributed by atoms with Crippen molar-refractivity contribution in [2.24, 2.45) is 11.8 Å². The van der Waals surface area contributed by atoms with Crippen LogP contribution >= 0.6 is 0 Å². The first-order chi connectivity index (χ1) is 7.59. The average molecular weight is 216 g/mol. The van der Waals surface area contributed by atoms with Crippen molar-refractivity contribution < 1.29 is 9.59 Å². The highest BCUT2D eigenvalue weighted by atomic mass is 16.1. The van der Waals surface area contributed by atoms with Gasteiger partial charge in [-0.15, -0.1) is 0 Å². The Hall–Kier alpha value is -1.44. The highest BCUT2D eigenvalue weighted by Crippen LogP contribution is 2.27. The number of carbonyl (C=O) groups is 2. The first-order valence-corrected chi connectivity index (χ1v) is 5.74. The van der Waals surface area contributed by atoms with Crippen molar-refractivity contribution in [1.82, 2.24) is 0 Å². The zero-order valence-corrected chi connectivity index (χ0v) is 9.69. The average Bonchev–Trinajstić information content (AvgIpc) is 2.28. The van der Waals surface area contributed by atoms with Crippen LogP contribution in [0.3, 0.4) is 0 Å². The van der Waals surface area contributed by atoms with Gasteiger partial charge in [0.25, 0.3) is 0 Å². The van der Waals surface area contributed by atoms with E-state index in [1.165, 1.54) is 0 Å². The molecule has 1 aromatic rings. The van der Waals surface area contributed by atoms with Crippen molar-refractivity contribution >= 4 is 11.6 Å². The minimum atomic E-state index is -0.109. The van der Waals surface area contributed by atoms with Gasteiger partial charge in [-0.05, 0) is 12.0 Å². The predicted octanol–water partition coefficient (Wildman–Crippen LogP) is 2.66. The van der Waals surface area contributed by atoms with E-state index in [9.17, 15) is 9.59 Å². The van der Waals surface area contributed by atoms with Crippen LogP contribution in [0.4, 0.5) is 0 Å². The Balaban J connectivity index is 2.28. The summed E-state index contributed by atoms with van der Waals surface area (Å²) in [6.07, 6.45) is 1.10. The molecule has 1 aromatic carbocycles. The quantitative estimate of drug-likeness (QED) is 0.761. The summed E-state index contributed by atoms with van der Waals surface area (Å²) < 4.78 is 0. The Morgan fingerprint density at radius 2 is 1.94 bits per heavy atom. The van der Waals surface area contributed by atoms with Crippen LogP contribution in [0, 0.1) is 11.8 Å². The van der Waals surface area contributed by atoms with Crippen LogP contribution in [-0.2, 0) is 11.2 Å². The van der Waals surface area contributed by atoms with Crippen LogP contribution in [-0.4, -0.2) is 11.6 Å². The highest BCUT2D eigenvalue weighted by Gasteiger charge is 2.30. The van der Waals surface area contributed by atoms with E-state index >= 15 is 0 Å². The van der Waals surface area contributed by atoms with Gasteiger partial charge in [0.2, 0.25) is 0 Å². The smallest absolute Gasteiger partial charge is 0.163 e. The molecule has 0 aliphatic heterocycles. The van der Waals surface area contributed by atoms with E-state index in [4.69, 9.17) is 0 Å². The second-order valence-electron chi connectivity index (χ2n) is 4.74. The van der Waals surface area contributed by atoms with Crippen LogP contribution in [0.15, 0.2) is 24.3 Å². The number of benzene rings is 1. The molecule has 0 N–H and O–H groups in total. The molecule has 0 amide bonds. The van der Waals surface area contributed by atoms with Crippen LogP contribution in [0.5, 0.6) is 0 Å². The summed E-state index contributed by atoms with van der Waals surface area (Å²) in [6, 6.07) is 7.61. The SMILES string of the molecule is CC(C)C(=O)C1CC(=O)c2ccccc2C1. The number of hydrogen-bond donors (Lipinski definition) is 0. The Bertz CT molecular complexity index is 432. The summed E-state index contributed by atoms with van der Waals surface area (Å²) in [7, 11) is 0. The van der Waals surface area contributed by atoms with E-state index in [1.807, 2.05) is 38.1 Å².